The van der Waals surface area contributed by atoms with E-state index in [1.54, 1.807) is 12.4 Å². The highest BCUT2D eigenvalue weighted by Gasteiger charge is 1.92. The van der Waals surface area contributed by atoms with Crippen molar-refractivity contribution in [3.63, 3.8) is 0 Å². The van der Waals surface area contributed by atoms with Crippen LogP contribution < -0.4 is 0 Å². The van der Waals surface area contributed by atoms with Gasteiger partial charge in [-0.05, 0) is 11.5 Å². The van der Waals surface area contributed by atoms with Crippen LogP contribution in [0.15, 0.2) is 18.7 Å². The Balaban J connectivity index is 0.000000281. The number of rotatable bonds is 0. The number of hydrogen-bond acceptors (Lipinski definition) is 4. The first-order valence-electron chi connectivity index (χ1n) is 3.47. The summed E-state index contributed by atoms with van der Waals surface area (Å²) in [5.41, 5.74) is 0.926. The zero-order valence-electron chi connectivity index (χ0n) is 6.48. The van der Waals surface area contributed by atoms with Crippen molar-refractivity contribution in [2.45, 2.75) is 13.8 Å². The molecule has 0 aromatic carbocycles. The first kappa shape index (κ1) is 8.07. The van der Waals surface area contributed by atoms with E-state index >= 15 is 0 Å². The van der Waals surface area contributed by atoms with E-state index in [4.69, 9.17) is 0 Å². The van der Waals surface area contributed by atoms with Crippen LogP contribution in [0.2, 0.25) is 0 Å². The Labute approximate surface area is 69.3 Å². The molecule has 2 heterocycles. The lowest BCUT2D eigenvalue weighted by atomic mass is 10.5. The predicted molar refractivity (Wildman–Crippen MR) is 46.6 cm³/mol. The van der Waals surface area contributed by atoms with Crippen molar-refractivity contribution in [3.05, 3.63) is 18.7 Å². The molecule has 2 aromatic rings. The Morgan fingerprint density at radius 1 is 1.27 bits per heavy atom. The largest absolute Gasteiger partial charge is 0.243 e. The van der Waals surface area contributed by atoms with Crippen molar-refractivity contribution in [2.24, 2.45) is 0 Å². The van der Waals surface area contributed by atoms with Gasteiger partial charge in [-0.1, -0.05) is 13.8 Å². The van der Waals surface area contributed by atoms with Crippen LogP contribution in [0, 0.1) is 0 Å². The Morgan fingerprint density at radius 3 is 2.82 bits per heavy atom. The van der Waals surface area contributed by atoms with Gasteiger partial charge in [0.2, 0.25) is 0 Å². The Bertz CT molecular complexity index is 288. The third-order valence-electron chi connectivity index (χ3n) is 1.03. The quantitative estimate of drug-likeness (QED) is 0.603. The van der Waals surface area contributed by atoms with Gasteiger partial charge in [-0.25, -0.2) is 9.97 Å². The minimum absolute atomic E-state index is 0.926. The maximum atomic E-state index is 3.98. The summed E-state index contributed by atoms with van der Waals surface area (Å²) < 4.78 is 4.98. The average Bonchev–Trinajstić information content (AvgIpc) is 2.55. The summed E-state index contributed by atoms with van der Waals surface area (Å²) in [5, 5.41) is 0. The van der Waals surface area contributed by atoms with Gasteiger partial charge in [-0.15, -0.1) is 0 Å². The number of fused-ring (bicyclic) bond motifs is 1. The fraction of sp³-hybridized carbons (Fsp3) is 0.286. The molecular formula is C7H9N3S. The molecular weight excluding hydrogens is 158 g/mol. The van der Waals surface area contributed by atoms with E-state index in [0.29, 0.717) is 0 Å². The Hall–Kier alpha value is -1.03. The molecule has 3 nitrogen and oxygen atoms in total. The number of nitrogens with zero attached hydrogens (tertiary/aromatic N) is 3. The number of aromatic nitrogens is 3. The van der Waals surface area contributed by atoms with Crippen molar-refractivity contribution in [1.82, 2.24) is 14.3 Å². The van der Waals surface area contributed by atoms with Crippen LogP contribution >= 0.6 is 11.5 Å². The molecule has 0 radical (unpaired) electrons. The molecule has 0 atom stereocenters. The summed E-state index contributed by atoms with van der Waals surface area (Å²) in [6, 6.07) is 0. The molecule has 0 saturated heterocycles. The summed E-state index contributed by atoms with van der Waals surface area (Å²) >= 11 is 1.41. The van der Waals surface area contributed by atoms with Crippen LogP contribution in [0.5, 0.6) is 0 Å². The third kappa shape index (κ3) is 1.71. The maximum absolute atomic E-state index is 3.98. The van der Waals surface area contributed by atoms with E-state index in [0.717, 1.165) is 10.2 Å². The van der Waals surface area contributed by atoms with Crippen LogP contribution in [-0.4, -0.2) is 14.3 Å². The summed E-state index contributed by atoms with van der Waals surface area (Å²) in [5.74, 6) is 0. The summed E-state index contributed by atoms with van der Waals surface area (Å²) in [6.07, 6.45) is 5.03. The van der Waals surface area contributed by atoms with E-state index in [1.165, 1.54) is 17.9 Å². The molecule has 0 aliphatic rings. The molecule has 0 aliphatic heterocycles. The first-order valence-corrected chi connectivity index (χ1v) is 4.24. The van der Waals surface area contributed by atoms with Crippen LogP contribution in [0.4, 0.5) is 0 Å². The summed E-state index contributed by atoms with van der Waals surface area (Å²) in [4.78, 5) is 7.82. The zero-order valence-corrected chi connectivity index (χ0v) is 7.30. The van der Waals surface area contributed by atoms with Crippen LogP contribution in [0.25, 0.3) is 10.2 Å². The second-order valence-electron chi connectivity index (χ2n) is 1.60. The third-order valence-corrected chi connectivity index (χ3v) is 1.76. The van der Waals surface area contributed by atoms with Crippen molar-refractivity contribution in [1.29, 1.82) is 0 Å². The monoisotopic (exact) mass is 167 g/mol. The molecule has 11 heavy (non-hydrogen) atoms. The van der Waals surface area contributed by atoms with Crippen LogP contribution in [-0.2, 0) is 0 Å². The van der Waals surface area contributed by atoms with Gasteiger partial charge in [0.25, 0.3) is 0 Å². The first-order chi connectivity index (χ1) is 5.47. The van der Waals surface area contributed by atoms with E-state index in [2.05, 4.69) is 14.3 Å². The van der Waals surface area contributed by atoms with Gasteiger partial charge < -0.3 is 0 Å². The minimum Gasteiger partial charge on any atom is -0.243 e. The van der Waals surface area contributed by atoms with Crippen molar-refractivity contribution >= 4 is 21.7 Å². The molecule has 4 heteroatoms. The SMILES string of the molecule is CC.c1ncc2sncc2n1. The molecule has 0 amide bonds. The lowest BCUT2D eigenvalue weighted by molar-refractivity contribution is 1.23. The highest BCUT2D eigenvalue weighted by molar-refractivity contribution is 7.13. The van der Waals surface area contributed by atoms with Crippen molar-refractivity contribution in [3.8, 4) is 0 Å². The lowest BCUT2D eigenvalue weighted by Gasteiger charge is -1.79. The molecule has 2 aromatic heterocycles. The molecule has 0 aliphatic carbocycles. The predicted octanol–water partition coefficient (Wildman–Crippen LogP) is 2.11. The minimum atomic E-state index is 0.926. The van der Waals surface area contributed by atoms with Gasteiger partial charge in [0, 0.05) is 6.20 Å². The van der Waals surface area contributed by atoms with Gasteiger partial charge in [0.15, 0.2) is 0 Å². The van der Waals surface area contributed by atoms with Gasteiger partial charge in [-0.2, -0.15) is 4.37 Å². The van der Waals surface area contributed by atoms with E-state index in [-0.39, 0.29) is 0 Å². The molecule has 0 N–H and O–H groups in total. The molecule has 58 valence electrons. The topological polar surface area (TPSA) is 38.7 Å². The van der Waals surface area contributed by atoms with E-state index in [9.17, 15) is 0 Å². The molecule has 0 saturated carbocycles. The maximum Gasteiger partial charge on any atom is 0.116 e. The molecule has 0 spiro atoms. The lowest BCUT2D eigenvalue weighted by Crippen LogP contribution is -1.72. The van der Waals surface area contributed by atoms with E-state index < -0.39 is 0 Å². The Morgan fingerprint density at radius 2 is 2.09 bits per heavy atom. The van der Waals surface area contributed by atoms with E-state index in [1.807, 2.05) is 13.8 Å². The second kappa shape index (κ2) is 3.98. The Kier molecular flexibility index (Phi) is 2.92. The smallest absolute Gasteiger partial charge is 0.116 e. The van der Waals surface area contributed by atoms with Crippen molar-refractivity contribution < 1.29 is 0 Å². The molecule has 0 fully saturated rings. The van der Waals surface area contributed by atoms with Crippen LogP contribution in [0.3, 0.4) is 0 Å². The zero-order chi connectivity index (χ0) is 8.10. The summed E-state index contributed by atoms with van der Waals surface area (Å²) in [7, 11) is 0. The average molecular weight is 167 g/mol. The fourth-order valence-electron chi connectivity index (χ4n) is 0.627. The fourth-order valence-corrected chi connectivity index (χ4v) is 1.20. The molecule has 2 rings (SSSR count). The standard InChI is InChI=1S/C5H3N3S.C2H6/c1-4-5(9-8-1)2-6-3-7-4;1-2/h1-3H;1-2H3. The number of hydrogen-bond donors (Lipinski definition) is 0. The normalized spacial score (nSPS) is 8.91. The van der Waals surface area contributed by atoms with Gasteiger partial charge in [0.1, 0.15) is 11.8 Å². The summed E-state index contributed by atoms with van der Waals surface area (Å²) in [6.45, 7) is 4.00. The highest BCUT2D eigenvalue weighted by atomic mass is 32.1. The van der Waals surface area contributed by atoms with Crippen molar-refractivity contribution in [2.75, 3.05) is 0 Å². The van der Waals surface area contributed by atoms with Crippen LogP contribution in [0.1, 0.15) is 13.8 Å². The highest BCUT2D eigenvalue weighted by Crippen LogP contribution is 2.11. The second-order valence-corrected chi connectivity index (χ2v) is 2.43. The van der Waals surface area contributed by atoms with Gasteiger partial charge in [0.05, 0.1) is 10.9 Å². The van der Waals surface area contributed by atoms with Gasteiger partial charge in [-0.3, -0.25) is 0 Å². The molecule has 0 unspecified atom stereocenters. The van der Waals surface area contributed by atoms with Gasteiger partial charge >= 0.3 is 0 Å². The molecule has 0 bridgehead atoms.